The Labute approximate surface area is 204 Å². The molecule has 9 nitrogen and oxygen atoms in total. The summed E-state index contributed by atoms with van der Waals surface area (Å²) >= 11 is 0. The van der Waals surface area contributed by atoms with Crippen LogP contribution in [0.2, 0.25) is 0 Å². The van der Waals surface area contributed by atoms with E-state index in [-0.39, 0.29) is 21.7 Å². The highest BCUT2D eigenvalue weighted by atomic mass is 32.2. The molecule has 0 saturated carbocycles. The van der Waals surface area contributed by atoms with Gasteiger partial charge in [-0.15, -0.1) is 0 Å². The van der Waals surface area contributed by atoms with Crippen molar-refractivity contribution in [2.75, 3.05) is 45.4 Å². The maximum absolute atomic E-state index is 13.8. The molecule has 0 aliphatic carbocycles. The van der Waals surface area contributed by atoms with Crippen molar-refractivity contribution in [1.29, 1.82) is 0 Å². The van der Waals surface area contributed by atoms with Crippen LogP contribution in [0, 0.1) is 0 Å². The summed E-state index contributed by atoms with van der Waals surface area (Å²) in [5, 5.41) is -0.110. The molecule has 186 valence electrons. The molecular formula is C25H28N2O7S. The first-order valence-corrected chi connectivity index (χ1v) is 13.1. The Hall–Kier alpha value is -3.40. The second kappa shape index (κ2) is 9.69. The minimum absolute atomic E-state index is 0.0741. The third kappa shape index (κ3) is 4.50. The van der Waals surface area contributed by atoms with Crippen LogP contribution in [0.25, 0.3) is 11.5 Å². The monoisotopic (exact) mass is 500 g/mol. The largest absolute Gasteiger partial charge is 0.493 e. The van der Waals surface area contributed by atoms with Gasteiger partial charge in [-0.05, 0) is 43.2 Å². The van der Waals surface area contributed by atoms with Crippen molar-refractivity contribution in [2.24, 2.45) is 0 Å². The summed E-state index contributed by atoms with van der Waals surface area (Å²) in [6.07, 6.45) is 4.10. The molecule has 1 aromatic heterocycles. The molecule has 0 atom stereocenters. The Morgan fingerprint density at radius 1 is 0.857 bits per heavy atom. The van der Waals surface area contributed by atoms with Crippen molar-refractivity contribution in [3.63, 3.8) is 0 Å². The van der Waals surface area contributed by atoms with Crippen molar-refractivity contribution >= 4 is 15.7 Å². The van der Waals surface area contributed by atoms with E-state index in [1.807, 2.05) is 4.90 Å². The fraction of sp³-hybridized carbons (Fsp3) is 0.400. The molecule has 1 fully saturated rings. The number of hydrogen-bond acceptors (Lipinski definition) is 9. The van der Waals surface area contributed by atoms with E-state index in [2.05, 4.69) is 4.98 Å². The van der Waals surface area contributed by atoms with Crippen LogP contribution in [0.5, 0.6) is 23.0 Å². The summed E-state index contributed by atoms with van der Waals surface area (Å²) in [5.41, 5.74) is 0.586. The maximum atomic E-state index is 13.8. The average molecular weight is 501 g/mol. The second-order valence-corrected chi connectivity index (χ2v) is 10.3. The van der Waals surface area contributed by atoms with Gasteiger partial charge in [0.25, 0.3) is 0 Å². The van der Waals surface area contributed by atoms with Crippen molar-refractivity contribution in [3.05, 3.63) is 36.4 Å². The number of ether oxygens (including phenoxy) is 4. The Kier molecular flexibility index (Phi) is 6.46. The smallest absolute Gasteiger partial charge is 0.236 e. The topological polar surface area (TPSA) is 100 Å². The predicted molar refractivity (Wildman–Crippen MR) is 129 cm³/mol. The van der Waals surface area contributed by atoms with Gasteiger partial charge in [-0.1, -0.05) is 12.8 Å². The van der Waals surface area contributed by atoms with E-state index in [4.69, 9.17) is 23.4 Å². The number of anilines is 1. The molecule has 0 bridgehead atoms. The molecule has 2 aliphatic rings. The SMILES string of the molecule is COc1ccc(-c2nc(S(=O)(=O)c3ccc4c(c3)OCCO4)c(N3CCCCCC3)o2)cc1OC. The van der Waals surface area contributed by atoms with Gasteiger partial charge in [-0.3, -0.25) is 0 Å². The first kappa shape index (κ1) is 23.3. The number of methoxy groups -OCH3 is 2. The number of fused-ring (bicyclic) bond motifs is 1. The van der Waals surface area contributed by atoms with Gasteiger partial charge in [0, 0.05) is 24.7 Å². The molecule has 0 amide bonds. The van der Waals surface area contributed by atoms with Gasteiger partial charge in [0.1, 0.15) is 13.2 Å². The lowest BCUT2D eigenvalue weighted by Crippen LogP contribution is -2.25. The van der Waals surface area contributed by atoms with Gasteiger partial charge in [0.2, 0.25) is 26.6 Å². The number of rotatable bonds is 6. The zero-order chi connectivity index (χ0) is 24.4. The molecule has 0 N–H and O–H groups in total. The van der Waals surface area contributed by atoms with E-state index in [1.165, 1.54) is 19.2 Å². The van der Waals surface area contributed by atoms with Crippen molar-refractivity contribution in [1.82, 2.24) is 4.98 Å². The fourth-order valence-electron chi connectivity index (χ4n) is 4.34. The zero-order valence-electron chi connectivity index (χ0n) is 19.8. The lowest BCUT2D eigenvalue weighted by Gasteiger charge is -2.21. The Bertz CT molecular complexity index is 1310. The molecular weight excluding hydrogens is 472 g/mol. The van der Waals surface area contributed by atoms with E-state index in [9.17, 15) is 8.42 Å². The number of aromatic nitrogens is 1. The molecule has 1 saturated heterocycles. The van der Waals surface area contributed by atoms with E-state index >= 15 is 0 Å². The highest BCUT2D eigenvalue weighted by Crippen LogP contribution is 2.40. The first-order valence-electron chi connectivity index (χ1n) is 11.6. The highest BCUT2D eigenvalue weighted by Gasteiger charge is 2.33. The van der Waals surface area contributed by atoms with E-state index < -0.39 is 9.84 Å². The summed E-state index contributed by atoms with van der Waals surface area (Å²) < 4.78 is 55.8. The van der Waals surface area contributed by atoms with E-state index in [1.54, 1.807) is 31.4 Å². The summed E-state index contributed by atoms with van der Waals surface area (Å²) in [6.45, 7) is 2.19. The minimum atomic E-state index is -4.02. The standard InChI is InChI=1S/C25H28N2O7S/c1-30-19-9-7-17(15-21(19)31-2)23-26-24(25(34-23)27-11-5-3-4-6-12-27)35(28,29)18-8-10-20-22(16-18)33-14-13-32-20/h7-10,15-16H,3-6,11-14H2,1-2H3. The van der Waals surface area contributed by atoms with Crippen molar-refractivity contribution in [2.45, 2.75) is 35.6 Å². The predicted octanol–water partition coefficient (Wildman–Crippen LogP) is 4.34. The van der Waals surface area contributed by atoms with Gasteiger partial charge in [-0.2, -0.15) is 4.98 Å². The van der Waals surface area contributed by atoms with Crippen molar-refractivity contribution < 1.29 is 31.8 Å². The van der Waals surface area contributed by atoms with Crippen LogP contribution < -0.4 is 23.8 Å². The number of sulfone groups is 1. The minimum Gasteiger partial charge on any atom is -0.493 e. The van der Waals surface area contributed by atoms with Crippen LogP contribution in [-0.2, 0) is 9.84 Å². The third-order valence-corrected chi connectivity index (χ3v) is 7.83. The van der Waals surface area contributed by atoms with Gasteiger partial charge in [0.15, 0.2) is 23.0 Å². The number of hydrogen-bond donors (Lipinski definition) is 0. The highest BCUT2D eigenvalue weighted by molar-refractivity contribution is 7.91. The number of nitrogens with zero attached hydrogens (tertiary/aromatic N) is 2. The molecule has 2 aliphatic heterocycles. The Morgan fingerprint density at radius 2 is 1.57 bits per heavy atom. The molecule has 0 unspecified atom stereocenters. The second-order valence-electron chi connectivity index (χ2n) is 8.41. The molecule has 10 heteroatoms. The molecule has 0 radical (unpaired) electrons. The Morgan fingerprint density at radius 3 is 2.29 bits per heavy atom. The quantitative estimate of drug-likeness (QED) is 0.489. The Balaban J connectivity index is 1.62. The van der Waals surface area contributed by atoms with Crippen LogP contribution in [0.1, 0.15) is 25.7 Å². The summed E-state index contributed by atoms with van der Waals surface area (Å²) in [4.78, 5) is 6.57. The van der Waals surface area contributed by atoms with Crippen LogP contribution >= 0.6 is 0 Å². The van der Waals surface area contributed by atoms with Crippen LogP contribution in [-0.4, -0.2) is 53.9 Å². The third-order valence-electron chi connectivity index (χ3n) is 6.18. The normalized spacial score (nSPS) is 16.0. The van der Waals surface area contributed by atoms with Crippen LogP contribution in [0.4, 0.5) is 5.88 Å². The fourth-order valence-corrected chi connectivity index (χ4v) is 5.68. The van der Waals surface area contributed by atoms with E-state index in [0.717, 1.165) is 25.7 Å². The van der Waals surface area contributed by atoms with E-state index in [0.29, 0.717) is 54.9 Å². The van der Waals surface area contributed by atoms with Crippen LogP contribution in [0.3, 0.4) is 0 Å². The average Bonchev–Trinajstić information content (AvgIpc) is 3.17. The molecule has 2 aromatic carbocycles. The number of benzene rings is 2. The summed E-state index contributed by atoms with van der Waals surface area (Å²) in [6, 6.07) is 9.83. The first-order chi connectivity index (χ1) is 17.0. The summed E-state index contributed by atoms with van der Waals surface area (Å²) in [5.74, 6) is 2.43. The lowest BCUT2D eigenvalue weighted by molar-refractivity contribution is 0.171. The van der Waals surface area contributed by atoms with Gasteiger partial charge >= 0.3 is 0 Å². The van der Waals surface area contributed by atoms with Gasteiger partial charge < -0.3 is 28.3 Å². The number of oxazole rings is 1. The molecule has 3 heterocycles. The zero-order valence-corrected chi connectivity index (χ0v) is 20.6. The van der Waals surface area contributed by atoms with Crippen molar-refractivity contribution in [3.8, 4) is 34.5 Å². The molecule has 3 aromatic rings. The lowest BCUT2D eigenvalue weighted by atomic mass is 10.2. The summed E-state index contributed by atoms with van der Waals surface area (Å²) in [7, 11) is -0.925. The molecule has 35 heavy (non-hydrogen) atoms. The van der Waals surface area contributed by atoms with Gasteiger partial charge in [-0.25, -0.2) is 8.42 Å². The molecule has 5 rings (SSSR count). The molecule has 0 spiro atoms. The maximum Gasteiger partial charge on any atom is 0.236 e. The van der Waals surface area contributed by atoms with Gasteiger partial charge in [0.05, 0.1) is 19.1 Å². The van der Waals surface area contributed by atoms with Crippen LogP contribution in [0.15, 0.2) is 50.7 Å².